The van der Waals surface area contributed by atoms with Gasteiger partial charge in [0.25, 0.3) is 0 Å². The number of fused-ring (bicyclic) bond motifs is 1. The average Bonchev–Trinajstić information content (AvgIpc) is 3.01. The summed E-state index contributed by atoms with van der Waals surface area (Å²) in [6, 6.07) is 20.8. The molecule has 200 valence electrons. The predicted octanol–water partition coefficient (Wildman–Crippen LogP) is 4.05. The van der Waals surface area contributed by atoms with E-state index in [0.717, 1.165) is 40.8 Å². The van der Waals surface area contributed by atoms with Crippen LogP contribution in [0.3, 0.4) is 0 Å². The van der Waals surface area contributed by atoms with Gasteiger partial charge in [0.15, 0.2) is 0 Å². The van der Waals surface area contributed by atoms with Gasteiger partial charge < -0.3 is 9.80 Å². The fraction of sp³-hybridized carbons (Fsp3) is 0.300. The number of pyridine rings is 2. The lowest BCUT2D eigenvalue weighted by molar-refractivity contribution is -0.137. The first kappa shape index (κ1) is 25.5. The van der Waals surface area contributed by atoms with E-state index in [2.05, 4.69) is 20.9 Å². The summed E-state index contributed by atoms with van der Waals surface area (Å²) in [5.41, 5.74) is 3.94. The molecule has 4 aromatic rings. The highest BCUT2D eigenvalue weighted by molar-refractivity contribution is 7.89. The standard InChI is InChI=1S/C30H31N5O3S/c36-30(34-19-17-33(18-20-34)29-13-15-32-28-8-2-1-7-27(28)29)25-6-4-16-35(22-25)39(37,38)26-11-9-23(10-12-26)24-5-3-14-31-21-24/h1-3,5,7-15,21,25H,4,6,16-20,22H2. The highest BCUT2D eigenvalue weighted by Crippen LogP contribution is 2.29. The molecule has 1 amide bonds. The van der Waals surface area contributed by atoms with Gasteiger partial charge in [-0.3, -0.25) is 14.8 Å². The molecule has 6 rings (SSSR count). The van der Waals surface area contributed by atoms with Gasteiger partial charge in [0.05, 0.1) is 16.3 Å². The maximum absolute atomic E-state index is 13.5. The van der Waals surface area contributed by atoms with Crippen molar-refractivity contribution in [3.8, 4) is 11.1 Å². The number of hydrogen-bond acceptors (Lipinski definition) is 6. The summed E-state index contributed by atoms with van der Waals surface area (Å²) < 4.78 is 28.4. The summed E-state index contributed by atoms with van der Waals surface area (Å²) >= 11 is 0. The van der Waals surface area contributed by atoms with E-state index in [-0.39, 0.29) is 23.3 Å². The Hall–Kier alpha value is -3.82. The summed E-state index contributed by atoms with van der Waals surface area (Å²) in [4.78, 5) is 26.5. The lowest BCUT2D eigenvalue weighted by Crippen LogP contribution is -2.53. The number of hydrogen-bond donors (Lipinski definition) is 0. The molecule has 0 aliphatic carbocycles. The van der Waals surface area contributed by atoms with Crippen LogP contribution in [-0.4, -0.2) is 72.8 Å². The van der Waals surface area contributed by atoms with Crippen LogP contribution in [0.15, 0.2) is 90.2 Å². The monoisotopic (exact) mass is 541 g/mol. The number of piperazine rings is 1. The first-order chi connectivity index (χ1) is 19.0. The van der Waals surface area contributed by atoms with Crippen LogP contribution in [0.2, 0.25) is 0 Å². The third-order valence-corrected chi connectivity index (χ3v) is 9.66. The van der Waals surface area contributed by atoms with Gasteiger partial charge in [0.2, 0.25) is 15.9 Å². The highest BCUT2D eigenvalue weighted by Gasteiger charge is 2.36. The van der Waals surface area contributed by atoms with Crippen LogP contribution >= 0.6 is 0 Å². The van der Waals surface area contributed by atoms with Crippen molar-refractivity contribution in [2.45, 2.75) is 17.7 Å². The molecule has 2 aromatic heterocycles. The van der Waals surface area contributed by atoms with Gasteiger partial charge in [-0.25, -0.2) is 8.42 Å². The summed E-state index contributed by atoms with van der Waals surface area (Å²) in [5, 5.41) is 1.11. The maximum Gasteiger partial charge on any atom is 0.243 e. The van der Waals surface area contributed by atoms with Crippen LogP contribution < -0.4 is 4.90 Å². The molecule has 2 aromatic carbocycles. The molecular weight excluding hydrogens is 510 g/mol. The van der Waals surface area contributed by atoms with Gasteiger partial charge in [0.1, 0.15) is 0 Å². The molecule has 1 unspecified atom stereocenters. The van der Waals surface area contributed by atoms with Crippen LogP contribution in [0, 0.1) is 5.92 Å². The van der Waals surface area contributed by atoms with Crippen molar-refractivity contribution in [3.63, 3.8) is 0 Å². The van der Waals surface area contributed by atoms with Crippen LogP contribution in [0.4, 0.5) is 5.69 Å². The Bertz CT molecular complexity index is 1560. The number of carbonyl (C=O) groups excluding carboxylic acids is 1. The normalized spacial score (nSPS) is 18.8. The fourth-order valence-electron chi connectivity index (χ4n) is 5.65. The van der Waals surface area contributed by atoms with Crippen molar-refractivity contribution < 1.29 is 13.2 Å². The van der Waals surface area contributed by atoms with Gasteiger partial charge in [-0.15, -0.1) is 0 Å². The molecule has 39 heavy (non-hydrogen) atoms. The summed E-state index contributed by atoms with van der Waals surface area (Å²) in [6.45, 7) is 3.36. The minimum Gasteiger partial charge on any atom is -0.367 e. The number of para-hydroxylation sites is 1. The molecule has 4 heterocycles. The van der Waals surface area contributed by atoms with Gasteiger partial charge in [0, 0.05) is 68.9 Å². The lowest BCUT2D eigenvalue weighted by atomic mass is 9.97. The number of benzene rings is 2. The Morgan fingerprint density at radius 2 is 1.62 bits per heavy atom. The van der Waals surface area contributed by atoms with E-state index in [0.29, 0.717) is 32.5 Å². The Labute approximate surface area is 229 Å². The van der Waals surface area contributed by atoms with Gasteiger partial charge in [-0.05, 0) is 54.3 Å². The maximum atomic E-state index is 13.5. The summed E-state index contributed by atoms with van der Waals surface area (Å²) in [5.74, 6) is -0.266. The second kappa shape index (κ2) is 10.7. The molecular formula is C30H31N5O3S. The molecule has 0 spiro atoms. The van der Waals surface area contributed by atoms with E-state index in [4.69, 9.17) is 0 Å². The molecule has 0 radical (unpaired) electrons. The molecule has 0 bridgehead atoms. The second-order valence-electron chi connectivity index (χ2n) is 10.1. The number of aromatic nitrogens is 2. The van der Waals surface area contributed by atoms with E-state index in [9.17, 15) is 13.2 Å². The largest absolute Gasteiger partial charge is 0.367 e. The SMILES string of the molecule is O=C(C1CCCN(S(=O)(=O)c2ccc(-c3cccnc3)cc2)C1)N1CCN(c2ccnc3ccccc23)CC1. The van der Waals surface area contributed by atoms with Crippen LogP contribution in [0.5, 0.6) is 0 Å². The third-order valence-electron chi connectivity index (χ3n) is 7.78. The molecule has 9 heteroatoms. The molecule has 8 nitrogen and oxygen atoms in total. The minimum absolute atomic E-state index is 0.0565. The number of carbonyl (C=O) groups is 1. The second-order valence-corrected chi connectivity index (χ2v) is 12.1. The molecule has 2 fully saturated rings. The number of sulfonamides is 1. The van der Waals surface area contributed by atoms with Crippen molar-refractivity contribution in [1.29, 1.82) is 0 Å². The zero-order valence-corrected chi connectivity index (χ0v) is 22.5. The van der Waals surface area contributed by atoms with E-state index >= 15 is 0 Å². The first-order valence-electron chi connectivity index (χ1n) is 13.4. The molecule has 0 N–H and O–H groups in total. The van der Waals surface area contributed by atoms with Crippen molar-refractivity contribution >= 4 is 32.5 Å². The van der Waals surface area contributed by atoms with E-state index in [1.807, 2.05) is 59.6 Å². The van der Waals surface area contributed by atoms with Gasteiger partial charge in [-0.2, -0.15) is 4.31 Å². The molecule has 2 aliphatic rings. The first-order valence-corrected chi connectivity index (χ1v) is 14.8. The quantitative estimate of drug-likeness (QED) is 0.379. The number of anilines is 1. The average molecular weight is 542 g/mol. The third kappa shape index (κ3) is 5.12. The van der Waals surface area contributed by atoms with Gasteiger partial charge >= 0.3 is 0 Å². The number of rotatable bonds is 5. The van der Waals surface area contributed by atoms with Crippen LogP contribution in [-0.2, 0) is 14.8 Å². The van der Waals surface area contributed by atoms with E-state index in [1.165, 1.54) is 4.31 Å². The lowest BCUT2D eigenvalue weighted by Gasteiger charge is -2.39. The zero-order valence-electron chi connectivity index (χ0n) is 21.7. The zero-order chi connectivity index (χ0) is 26.8. The van der Waals surface area contributed by atoms with E-state index < -0.39 is 10.0 Å². The number of piperidine rings is 1. The molecule has 1 atom stereocenters. The Morgan fingerprint density at radius 1 is 0.821 bits per heavy atom. The summed E-state index contributed by atoms with van der Waals surface area (Å²) in [6.07, 6.45) is 6.67. The van der Waals surface area contributed by atoms with Gasteiger partial charge in [-0.1, -0.05) is 36.4 Å². The van der Waals surface area contributed by atoms with Crippen molar-refractivity contribution in [3.05, 3.63) is 85.3 Å². The molecule has 2 saturated heterocycles. The summed E-state index contributed by atoms with van der Waals surface area (Å²) in [7, 11) is -3.69. The molecule has 0 saturated carbocycles. The molecule has 2 aliphatic heterocycles. The van der Waals surface area contributed by atoms with Crippen molar-refractivity contribution in [2.24, 2.45) is 5.92 Å². The topological polar surface area (TPSA) is 86.7 Å². The van der Waals surface area contributed by atoms with Crippen molar-refractivity contribution in [1.82, 2.24) is 19.2 Å². The van der Waals surface area contributed by atoms with E-state index in [1.54, 1.807) is 24.5 Å². The smallest absolute Gasteiger partial charge is 0.243 e. The van der Waals surface area contributed by atoms with Crippen LogP contribution in [0.1, 0.15) is 12.8 Å². The fourth-order valence-corrected chi connectivity index (χ4v) is 7.17. The van der Waals surface area contributed by atoms with Crippen LogP contribution in [0.25, 0.3) is 22.0 Å². The Balaban J connectivity index is 1.10. The van der Waals surface area contributed by atoms with Crippen molar-refractivity contribution in [2.75, 3.05) is 44.2 Å². The minimum atomic E-state index is -3.69. The predicted molar refractivity (Wildman–Crippen MR) is 152 cm³/mol. The number of amides is 1. The Morgan fingerprint density at radius 3 is 2.38 bits per heavy atom. The highest BCUT2D eigenvalue weighted by atomic mass is 32.2. The number of nitrogens with zero attached hydrogens (tertiary/aromatic N) is 5. The Kier molecular flexibility index (Phi) is 7.01.